The van der Waals surface area contributed by atoms with E-state index in [2.05, 4.69) is 38.0 Å². The van der Waals surface area contributed by atoms with Gasteiger partial charge in [0, 0.05) is 47.8 Å². The number of allylic oxidation sites excluding steroid dienone is 1. The molecule has 90 heavy (non-hydrogen) atoms. The molecule has 488 valence electrons. The van der Waals surface area contributed by atoms with E-state index >= 15 is 4.39 Å². The second kappa shape index (κ2) is 32.7. The second-order valence-corrected chi connectivity index (χ2v) is 23.1. The predicted octanol–water partition coefficient (Wildman–Crippen LogP) is 4.93. The van der Waals surface area contributed by atoms with Crippen LogP contribution in [-0.4, -0.2) is 147 Å². The number of aliphatic hydroxyl groups is 1. The quantitative estimate of drug-likeness (QED) is 0.0161. The van der Waals surface area contributed by atoms with Gasteiger partial charge in [0.2, 0.25) is 23.6 Å². The fraction of sp³-hybridized carbons (Fsp3) is 0.547. The van der Waals surface area contributed by atoms with Crippen molar-refractivity contribution in [3.05, 3.63) is 104 Å². The normalized spacial score (nSPS) is 18.4. The van der Waals surface area contributed by atoms with Crippen molar-refractivity contribution >= 4 is 58.3 Å². The van der Waals surface area contributed by atoms with Crippen molar-refractivity contribution in [1.82, 2.24) is 36.1 Å². The van der Waals surface area contributed by atoms with E-state index in [1.54, 1.807) is 58.0 Å². The van der Waals surface area contributed by atoms with E-state index in [4.69, 9.17) is 43.9 Å². The number of halogens is 1. The Hall–Kier alpha value is -7.88. The molecule has 1 unspecified atom stereocenters. The van der Waals surface area contributed by atoms with Gasteiger partial charge in [0.15, 0.2) is 5.60 Å². The summed E-state index contributed by atoms with van der Waals surface area (Å²) >= 11 is 0. The molecule has 2 aliphatic carbocycles. The van der Waals surface area contributed by atoms with Crippen molar-refractivity contribution in [2.75, 3.05) is 77.9 Å². The van der Waals surface area contributed by atoms with Gasteiger partial charge in [-0.3, -0.25) is 24.0 Å². The topological polar surface area (TPSA) is 337 Å². The fourth-order valence-corrected chi connectivity index (χ4v) is 11.5. The molecule has 9 N–H and O–H groups in total. The molecule has 0 radical (unpaired) electrons. The molecule has 5 atom stereocenters. The van der Waals surface area contributed by atoms with Crippen molar-refractivity contribution in [2.24, 2.45) is 11.7 Å². The van der Waals surface area contributed by atoms with Crippen molar-refractivity contribution in [3.8, 4) is 11.4 Å². The summed E-state index contributed by atoms with van der Waals surface area (Å²) in [5, 5.41) is 28.7. The number of amides is 7. The van der Waals surface area contributed by atoms with Gasteiger partial charge in [-0.1, -0.05) is 57.9 Å². The third kappa shape index (κ3) is 17.7. The molecule has 0 bridgehead atoms. The molecular weight excluding hydrogens is 1170 g/mol. The Morgan fingerprint density at radius 3 is 2.29 bits per heavy atom. The van der Waals surface area contributed by atoms with Gasteiger partial charge >= 0.3 is 18.1 Å². The lowest BCUT2D eigenvalue weighted by molar-refractivity contribution is -0.172. The second-order valence-electron chi connectivity index (χ2n) is 23.1. The molecule has 0 fully saturated rings. The number of hydrogen-bond donors (Lipinski definition) is 8. The molecule has 25 nitrogen and oxygen atoms in total. The summed E-state index contributed by atoms with van der Waals surface area (Å²) in [6.45, 7) is 9.15. The minimum absolute atomic E-state index is 0.0159. The highest BCUT2D eigenvalue weighted by Gasteiger charge is 2.46. The predicted molar refractivity (Wildman–Crippen MR) is 327 cm³/mol. The Bertz CT molecular complexity index is 3320. The molecule has 2 aliphatic heterocycles. The zero-order valence-electron chi connectivity index (χ0n) is 51.6. The van der Waals surface area contributed by atoms with Crippen LogP contribution in [0.5, 0.6) is 0 Å². The molecule has 26 heteroatoms. The van der Waals surface area contributed by atoms with Gasteiger partial charge in [0.05, 0.1) is 94.0 Å². The van der Waals surface area contributed by atoms with E-state index in [1.807, 2.05) is 6.08 Å². The van der Waals surface area contributed by atoms with Crippen LogP contribution in [0.3, 0.4) is 0 Å². The highest BCUT2D eigenvalue weighted by molar-refractivity contribution is 5.99. The first-order chi connectivity index (χ1) is 43.4. The van der Waals surface area contributed by atoms with Gasteiger partial charge in [-0.05, 0) is 105 Å². The van der Waals surface area contributed by atoms with Gasteiger partial charge in [0.25, 0.3) is 5.56 Å². The third-order valence-corrected chi connectivity index (χ3v) is 16.4. The number of carbonyl (C=O) groups excluding carboxylic acids is 7. The summed E-state index contributed by atoms with van der Waals surface area (Å²) < 4.78 is 55.8. The number of aryl methyl sites for hydroxylation is 1. The number of esters is 1. The van der Waals surface area contributed by atoms with Crippen molar-refractivity contribution in [2.45, 2.75) is 148 Å². The Balaban J connectivity index is 0.761. The lowest BCUT2D eigenvalue weighted by atomic mass is 9.81. The average molecular weight is 1250 g/mol. The average Bonchev–Trinajstić information content (AvgIpc) is 1.45. The highest BCUT2D eigenvalue weighted by Crippen LogP contribution is 2.46. The van der Waals surface area contributed by atoms with Gasteiger partial charge < -0.3 is 80.5 Å². The Morgan fingerprint density at radius 2 is 1.58 bits per heavy atom. The maximum Gasteiger partial charge on any atom is 0.407 e. The smallest absolute Gasteiger partial charge is 0.407 e. The molecule has 4 heterocycles. The summed E-state index contributed by atoms with van der Waals surface area (Å²) in [6.07, 6.45) is 9.88. The maximum atomic E-state index is 15.5. The van der Waals surface area contributed by atoms with Gasteiger partial charge in [-0.15, -0.1) is 0 Å². The van der Waals surface area contributed by atoms with Crippen LogP contribution in [0.1, 0.15) is 130 Å². The van der Waals surface area contributed by atoms with Crippen molar-refractivity contribution in [3.63, 3.8) is 0 Å². The SMILES string of the molecule is CC[C@@]1(O)C(=O)OCc2c1cc1n(c2=O)Cc2c-1nc1cc(F)c(C)c3c1c2[C@@H](NC(=O)OCc1ccc(NC(=O)[C@H](CCCNC(N)=O)NC(=O)[C@@H](NC(=O)CCOCCOCCOCCOCCNC(=O)COC2/C=C\CCCCC2)C(C)C)cc1)CC3. The number of pyridine rings is 2. The van der Waals surface area contributed by atoms with Crippen LogP contribution >= 0.6 is 0 Å². The number of carbonyl (C=O) groups is 7. The number of cyclic esters (lactones) is 1. The van der Waals surface area contributed by atoms with Crippen molar-refractivity contribution < 1.29 is 76.2 Å². The number of aromatic nitrogens is 2. The number of primary amides is 1. The standard InChI is InChI=1S/C64H84FN9O16/c1-5-64(83)46-32-51-57-44(34-74(51)60(79)45(46)36-89-61(64)80)55-48(20-19-43-39(4)47(65)33-50(70-57)54(43)55)72-63(82)90-35-40-15-17-41(18-16-40)69-58(77)49(14-11-22-68-62(66)81)71-59(78)56(38(2)3)73-52(75)21-24-84-26-28-86-30-31-87-29-27-85-25-23-67-53(76)37-88-42-12-9-7-6-8-10-13-42/h9,12,15-18,32-33,38,42,48-49,56,83H,5-8,10-11,13-14,19-31,34-37H2,1-4H3,(H,67,76)(H,69,77)(H,71,78)(H,72,82)(H,73,75)(H3,66,68,81)/b12-9-/t42?,48-,49-,56-,64-/m0/s1. The molecule has 0 saturated carbocycles. The molecule has 8 rings (SSSR count). The van der Waals surface area contributed by atoms with E-state index in [0.717, 1.165) is 24.8 Å². The number of nitrogens with two attached hydrogens (primary N) is 1. The van der Waals surface area contributed by atoms with Crippen LogP contribution < -0.4 is 43.2 Å². The highest BCUT2D eigenvalue weighted by atomic mass is 19.1. The van der Waals surface area contributed by atoms with Crippen LogP contribution in [0, 0.1) is 18.7 Å². The molecule has 2 aromatic carbocycles. The van der Waals surface area contributed by atoms with Crippen LogP contribution in [0.2, 0.25) is 0 Å². The number of ether oxygens (including phenoxy) is 7. The first kappa shape index (κ1) is 68.0. The molecule has 4 aromatic rings. The third-order valence-electron chi connectivity index (χ3n) is 16.4. The van der Waals surface area contributed by atoms with Crippen LogP contribution in [0.25, 0.3) is 22.3 Å². The summed E-state index contributed by atoms with van der Waals surface area (Å²) in [4.78, 5) is 110. The number of anilines is 1. The minimum atomic E-state index is -2.05. The summed E-state index contributed by atoms with van der Waals surface area (Å²) in [5.41, 5.74) is 7.46. The van der Waals surface area contributed by atoms with Gasteiger partial charge in [0.1, 0.15) is 37.7 Å². The minimum Gasteiger partial charge on any atom is -0.458 e. The van der Waals surface area contributed by atoms with Crippen LogP contribution in [0.4, 0.5) is 19.7 Å². The van der Waals surface area contributed by atoms with E-state index in [1.165, 1.54) is 23.5 Å². The van der Waals surface area contributed by atoms with E-state index in [9.17, 15) is 43.5 Å². The monoisotopic (exact) mass is 1250 g/mol. The van der Waals surface area contributed by atoms with Gasteiger partial charge in [-0.2, -0.15) is 0 Å². The largest absolute Gasteiger partial charge is 0.458 e. The zero-order chi connectivity index (χ0) is 64.3. The first-order valence-corrected chi connectivity index (χ1v) is 31.0. The number of alkyl carbamates (subject to hydrolysis) is 1. The number of rotatable bonds is 32. The van der Waals surface area contributed by atoms with Crippen molar-refractivity contribution in [1.29, 1.82) is 0 Å². The molecule has 0 spiro atoms. The number of benzene rings is 2. The summed E-state index contributed by atoms with van der Waals surface area (Å²) in [6, 6.07) is 5.89. The number of nitrogens with zero attached hydrogens (tertiary/aromatic N) is 2. The fourth-order valence-electron chi connectivity index (χ4n) is 11.5. The van der Waals surface area contributed by atoms with E-state index < -0.39 is 70.9 Å². The number of fused-ring (bicyclic) bond motifs is 5. The first-order valence-electron chi connectivity index (χ1n) is 31.0. The molecule has 2 aromatic heterocycles. The number of nitrogens with one attached hydrogen (secondary N) is 6. The summed E-state index contributed by atoms with van der Waals surface area (Å²) in [7, 11) is 0. The molecular formula is C64H84FN9O16. The molecule has 4 aliphatic rings. The maximum absolute atomic E-state index is 15.5. The summed E-state index contributed by atoms with van der Waals surface area (Å²) in [5.74, 6) is -3.49. The Labute approximate surface area is 521 Å². The molecule has 0 saturated heterocycles. The van der Waals surface area contributed by atoms with Gasteiger partial charge in [-0.25, -0.2) is 23.8 Å². The van der Waals surface area contributed by atoms with E-state index in [0.29, 0.717) is 103 Å². The van der Waals surface area contributed by atoms with Crippen LogP contribution in [-0.2, 0) is 88.9 Å². The molecule has 7 amide bonds. The lowest BCUT2D eigenvalue weighted by Crippen LogP contribution is -2.54. The zero-order valence-corrected chi connectivity index (χ0v) is 51.6. The number of hydrogen-bond acceptors (Lipinski definition) is 17. The van der Waals surface area contributed by atoms with Crippen LogP contribution in [0.15, 0.2) is 53.3 Å². The van der Waals surface area contributed by atoms with E-state index in [-0.39, 0.29) is 107 Å². The Morgan fingerprint density at radius 1 is 0.856 bits per heavy atom. The Kier molecular flexibility index (Phi) is 24.7. The lowest BCUT2D eigenvalue weighted by Gasteiger charge is -2.31. The number of urea groups is 1.